The van der Waals surface area contributed by atoms with E-state index in [1.165, 1.54) is 36.8 Å². The first kappa shape index (κ1) is 45.2. The molecule has 0 radical (unpaired) electrons. The first-order valence-electron chi connectivity index (χ1n) is 21.5. The predicted octanol–water partition coefficient (Wildman–Crippen LogP) is 8.16. The summed E-state index contributed by atoms with van der Waals surface area (Å²) in [6, 6.07) is 11.5. The van der Waals surface area contributed by atoms with Crippen molar-refractivity contribution in [2.24, 2.45) is 11.3 Å². The van der Waals surface area contributed by atoms with Crippen LogP contribution in [0, 0.1) is 29.1 Å². The van der Waals surface area contributed by atoms with E-state index in [9.17, 15) is 9.59 Å². The van der Waals surface area contributed by atoms with Gasteiger partial charge in [0.2, 0.25) is 5.91 Å². The number of benzene rings is 2. The number of ether oxygens (including phenoxy) is 1. The van der Waals surface area contributed by atoms with E-state index in [1.807, 2.05) is 67.8 Å². The SMILES string of the molecule is CC[C@@H](C(=O)NCc1ccc(-c2scnc2C)cc1OC1CC2(CCN(C(=N)C=CC(=N)C(=O)Nc3cccc(SC4=CNC(N5CCC(C)CC5)=CN4)c3Cl)CC2)C1)N(C)C. The van der Waals surface area contributed by atoms with Gasteiger partial charge < -0.3 is 35.8 Å². The predicted molar refractivity (Wildman–Crippen MR) is 252 cm³/mol. The summed E-state index contributed by atoms with van der Waals surface area (Å²) in [6.45, 7) is 10.2. The van der Waals surface area contributed by atoms with Gasteiger partial charge in [0.15, 0.2) is 0 Å². The van der Waals surface area contributed by atoms with Crippen LogP contribution in [0.4, 0.5) is 5.69 Å². The number of thioether (sulfide) groups is 1. The van der Waals surface area contributed by atoms with Crippen molar-refractivity contribution < 1.29 is 14.3 Å². The van der Waals surface area contributed by atoms with Gasteiger partial charge in [-0.2, -0.15) is 0 Å². The molecule has 1 atom stereocenters. The number of nitrogens with zero attached hydrogens (tertiary/aromatic N) is 4. The molecular formula is C46H59ClN10O3S2. The highest BCUT2D eigenvalue weighted by atomic mass is 35.5. The molecule has 1 saturated carbocycles. The van der Waals surface area contributed by atoms with Gasteiger partial charge in [-0.25, -0.2) is 4.98 Å². The zero-order chi connectivity index (χ0) is 44.0. The van der Waals surface area contributed by atoms with Gasteiger partial charge >= 0.3 is 0 Å². The molecule has 330 valence electrons. The largest absolute Gasteiger partial charge is 0.490 e. The Bertz CT molecular complexity index is 2230. The second-order valence-corrected chi connectivity index (χ2v) is 19.4. The lowest BCUT2D eigenvalue weighted by atomic mass is 9.61. The van der Waals surface area contributed by atoms with Gasteiger partial charge in [0.05, 0.1) is 44.0 Å². The van der Waals surface area contributed by atoms with Crippen LogP contribution in [0.5, 0.6) is 5.75 Å². The van der Waals surface area contributed by atoms with Crippen molar-refractivity contribution >= 4 is 63.7 Å². The van der Waals surface area contributed by atoms with Gasteiger partial charge in [0.25, 0.3) is 5.91 Å². The average molecular weight is 900 g/mol. The molecule has 0 unspecified atom stereocenters. The van der Waals surface area contributed by atoms with Crippen molar-refractivity contribution in [1.29, 1.82) is 10.8 Å². The van der Waals surface area contributed by atoms with Crippen LogP contribution < -0.4 is 26.0 Å². The summed E-state index contributed by atoms with van der Waals surface area (Å²) in [6.07, 6.45) is 13.7. The molecule has 0 bridgehead atoms. The Kier molecular flexibility index (Phi) is 14.7. The summed E-state index contributed by atoms with van der Waals surface area (Å²) in [7, 11) is 3.84. The van der Waals surface area contributed by atoms with Crippen LogP contribution in [0.2, 0.25) is 5.02 Å². The Morgan fingerprint density at radius 2 is 1.85 bits per heavy atom. The second-order valence-electron chi connectivity index (χ2n) is 17.1. The van der Waals surface area contributed by atoms with E-state index in [0.29, 0.717) is 30.3 Å². The fraction of sp³-hybridized carbons (Fsp3) is 0.457. The van der Waals surface area contributed by atoms with Crippen molar-refractivity contribution in [3.8, 4) is 16.2 Å². The number of rotatable bonds is 15. The number of piperidine rings is 2. The van der Waals surface area contributed by atoms with Crippen LogP contribution in [0.15, 0.2) is 82.2 Å². The third-order valence-electron chi connectivity index (χ3n) is 12.5. The molecule has 3 aromatic rings. The van der Waals surface area contributed by atoms with Crippen molar-refractivity contribution in [2.75, 3.05) is 45.6 Å². The number of nitrogens with one attached hydrogen (secondary N) is 6. The molecule has 1 aliphatic carbocycles. The number of carbonyl (C=O) groups is 2. The van der Waals surface area contributed by atoms with Crippen LogP contribution >= 0.6 is 34.7 Å². The molecule has 1 aromatic heterocycles. The van der Waals surface area contributed by atoms with Crippen LogP contribution in [-0.4, -0.2) is 95.5 Å². The van der Waals surface area contributed by atoms with E-state index in [1.54, 1.807) is 17.4 Å². The number of thiazole rings is 1. The van der Waals surface area contributed by atoms with Gasteiger partial charge in [0, 0.05) is 55.6 Å². The van der Waals surface area contributed by atoms with Crippen LogP contribution in [-0.2, 0) is 16.1 Å². The number of carbonyl (C=O) groups excluding carboxylic acids is 2. The summed E-state index contributed by atoms with van der Waals surface area (Å²) < 4.78 is 6.70. The van der Waals surface area contributed by atoms with Crippen LogP contribution in [0.3, 0.4) is 0 Å². The lowest BCUT2D eigenvalue weighted by Crippen LogP contribution is -2.51. The Hall–Kier alpha value is -4.83. The third kappa shape index (κ3) is 10.8. The second kappa shape index (κ2) is 20.1. The maximum Gasteiger partial charge on any atom is 0.273 e. The molecule has 4 aliphatic rings. The average Bonchev–Trinajstić information content (AvgIpc) is 3.69. The fourth-order valence-electron chi connectivity index (χ4n) is 8.61. The molecule has 3 fully saturated rings. The first-order chi connectivity index (χ1) is 29.8. The van der Waals surface area contributed by atoms with E-state index >= 15 is 0 Å². The van der Waals surface area contributed by atoms with Crippen molar-refractivity contribution in [2.45, 2.75) is 89.3 Å². The van der Waals surface area contributed by atoms with E-state index in [2.05, 4.69) is 56.3 Å². The van der Waals surface area contributed by atoms with Crippen molar-refractivity contribution in [3.05, 3.63) is 93.6 Å². The zero-order valence-corrected chi connectivity index (χ0v) is 38.7. The van der Waals surface area contributed by atoms with Gasteiger partial charge in [-0.3, -0.25) is 25.3 Å². The van der Waals surface area contributed by atoms with Crippen LogP contribution in [0.1, 0.15) is 70.1 Å². The summed E-state index contributed by atoms with van der Waals surface area (Å²) in [4.78, 5) is 38.7. The number of amides is 2. The Morgan fingerprint density at radius 3 is 2.52 bits per heavy atom. The summed E-state index contributed by atoms with van der Waals surface area (Å²) in [5, 5.41) is 31.1. The van der Waals surface area contributed by atoms with Gasteiger partial charge in [-0.05, 0) is 113 Å². The number of hydrogen-bond donors (Lipinski definition) is 6. The molecule has 2 amide bonds. The summed E-state index contributed by atoms with van der Waals surface area (Å²) in [5.41, 5.74) is 5.13. The van der Waals surface area contributed by atoms with Crippen LogP contribution in [0.25, 0.3) is 10.4 Å². The quantitative estimate of drug-likeness (QED) is 0.0649. The van der Waals surface area contributed by atoms with E-state index in [4.69, 9.17) is 27.2 Å². The molecule has 6 N–H and O–H groups in total. The normalized spacial score (nSPS) is 18.4. The first-order valence-corrected chi connectivity index (χ1v) is 23.6. The van der Waals surface area contributed by atoms with Gasteiger partial charge in [0.1, 0.15) is 23.1 Å². The number of halogens is 1. The minimum absolute atomic E-state index is 0.000499. The van der Waals surface area contributed by atoms with E-state index in [0.717, 1.165) is 94.3 Å². The fourth-order valence-corrected chi connectivity index (χ4v) is 10.5. The molecule has 7 rings (SSSR count). The number of hydrogen-bond acceptors (Lipinski definition) is 12. The lowest BCUT2D eigenvalue weighted by Gasteiger charge is -2.52. The van der Waals surface area contributed by atoms with E-state index < -0.39 is 5.91 Å². The number of likely N-dealkylation sites (N-methyl/N-ethyl adjacent to an activating group) is 1. The van der Waals surface area contributed by atoms with E-state index in [-0.39, 0.29) is 35.0 Å². The summed E-state index contributed by atoms with van der Waals surface area (Å²) in [5.74, 6) is 2.27. The maximum absolute atomic E-state index is 13.1. The number of likely N-dealkylation sites (tertiary alicyclic amines) is 2. The molecule has 1 spiro atoms. The molecule has 2 saturated heterocycles. The Balaban J connectivity index is 0.877. The van der Waals surface area contributed by atoms with Crippen molar-refractivity contribution in [1.82, 2.24) is 35.6 Å². The zero-order valence-electron chi connectivity index (χ0n) is 36.3. The minimum Gasteiger partial charge on any atom is -0.490 e. The summed E-state index contributed by atoms with van der Waals surface area (Å²) >= 11 is 9.81. The smallest absolute Gasteiger partial charge is 0.273 e. The molecule has 16 heteroatoms. The third-order valence-corrected chi connectivity index (χ3v) is 15.0. The highest BCUT2D eigenvalue weighted by Gasteiger charge is 2.47. The van der Waals surface area contributed by atoms with Crippen molar-refractivity contribution in [3.63, 3.8) is 0 Å². The maximum atomic E-state index is 13.1. The Morgan fingerprint density at radius 1 is 1.10 bits per heavy atom. The molecule has 13 nitrogen and oxygen atoms in total. The molecular weight excluding hydrogens is 840 g/mol. The number of amidine groups is 1. The number of anilines is 1. The standard InChI is InChI=1S/C46H59ClN10O3S2/c1-6-36(55(4)5)45(59)52-25-32-11-10-31(43-30(3)53-28-61-43)22-37(32)60-33-23-46(24-33)16-20-56(21-17-46)39(49)13-12-34(48)44(58)54-35-8-7-9-38(42(35)47)62-41-27-50-40(26-51-41)57-18-14-29(2)15-19-57/h7-13,22,26-29,33,36,48-51H,6,14-21,23-25H2,1-5H3,(H,52,59)(H,54,58)/t36-/m0/s1. The lowest BCUT2D eigenvalue weighted by molar-refractivity contribution is -0.125. The number of aryl methyl sites for hydroxylation is 1. The molecule has 3 aliphatic heterocycles. The minimum atomic E-state index is -0.603. The molecule has 2 aromatic carbocycles. The molecule has 4 heterocycles. The van der Waals surface area contributed by atoms with Gasteiger partial charge in [-0.15, -0.1) is 11.3 Å². The number of aromatic nitrogens is 1. The highest BCUT2D eigenvalue weighted by molar-refractivity contribution is 8.03. The highest BCUT2D eigenvalue weighted by Crippen LogP contribution is 2.51. The molecule has 62 heavy (non-hydrogen) atoms. The monoisotopic (exact) mass is 898 g/mol. The van der Waals surface area contributed by atoms with Gasteiger partial charge in [-0.1, -0.05) is 55.4 Å². The topological polar surface area (TPSA) is 162 Å². The Labute approximate surface area is 378 Å².